The maximum absolute atomic E-state index is 13.1. The van der Waals surface area contributed by atoms with Crippen LogP contribution in [0.5, 0.6) is 0 Å². The molecule has 0 amide bonds. The van der Waals surface area contributed by atoms with Crippen LogP contribution in [0.2, 0.25) is 0 Å². The van der Waals surface area contributed by atoms with E-state index in [1.54, 1.807) is 0 Å². The summed E-state index contributed by atoms with van der Waals surface area (Å²) in [5.74, 6) is 1.17. The van der Waals surface area contributed by atoms with E-state index in [1.807, 2.05) is 0 Å². The first kappa shape index (κ1) is 12.3. The minimum absolute atomic E-state index is 0.247. The van der Waals surface area contributed by atoms with Crippen molar-refractivity contribution in [1.29, 1.82) is 0 Å². The zero-order valence-electron chi connectivity index (χ0n) is 10.5. The van der Waals surface area contributed by atoms with Gasteiger partial charge in [-0.2, -0.15) is 0 Å². The molecule has 0 saturated carbocycles. The van der Waals surface area contributed by atoms with E-state index in [4.69, 9.17) is 4.74 Å². The fourth-order valence-corrected chi connectivity index (χ4v) is 2.96. The van der Waals surface area contributed by atoms with Crippen molar-refractivity contribution < 1.29 is 9.13 Å². The third-order valence-corrected chi connectivity index (χ3v) is 3.93. The molecule has 0 aromatic heterocycles. The monoisotopic (exact) mass is 229 g/mol. The lowest BCUT2D eigenvalue weighted by Gasteiger charge is -2.38. The molecule has 2 heterocycles. The van der Waals surface area contributed by atoms with Crippen molar-refractivity contribution in [3.63, 3.8) is 0 Å². The van der Waals surface area contributed by atoms with Gasteiger partial charge in [0, 0.05) is 13.1 Å². The van der Waals surface area contributed by atoms with Crippen LogP contribution >= 0.6 is 0 Å². The average molecular weight is 229 g/mol. The van der Waals surface area contributed by atoms with Gasteiger partial charge in [-0.25, -0.2) is 4.39 Å². The summed E-state index contributed by atoms with van der Waals surface area (Å²) in [6.45, 7) is 8.11. The molecule has 16 heavy (non-hydrogen) atoms. The van der Waals surface area contributed by atoms with Gasteiger partial charge < -0.3 is 9.64 Å². The van der Waals surface area contributed by atoms with Gasteiger partial charge in [0.25, 0.3) is 0 Å². The van der Waals surface area contributed by atoms with Crippen molar-refractivity contribution in [2.24, 2.45) is 11.8 Å². The molecule has 0 spiro atoms. The minimum atomic E-state index is -0.744. The highest BCUT2D eigenvalue weighted by Gasteiger charge is 2.30. The second-order valence-electron chi connectivity index (χ2n) is 5.69. The SMILES string of the molecule is C[C@@H]1CCCN(C[C@H]2OC[C@@H](F)C[C@@H]2C)C1. The van der Waals surface area contributed by atoms with Crippen molar-refractivity contribution in [3.05, 3.63) is 0 Å². The van der Waals surface area contributed by atoms with Crippen molar-refractivity contribution >= 4 is 0 Å². The quantitative estimate of drug-likeness (QED) is 0.721. The predicted molar refractivity (Wildman–Crippen MR) is 63.3 cm³/mol. The molecule has 0 aliphatic carbocycles. The molecule has 0 N–H and O–H groups in total. The van der Waals surface area contributed by atoms with Gasteiger partial charge in [-0.05, 0) is 37.6 Å². The molecule has 2 rings (SSSR count). The van der Waals surface area contributed by atoms with Crippen LogP contribution in [0.3, 0.4) is 0 Å². The number of rotatable bonds is 2. The molecule has 2 aliphatic rings. The van der Waals surface area contributed by atoms with Gasteiger partial charge >= 0.3 is 0 Å². The van der Waals surface area contributed by atoms with E-state index in [1.165, 1.54) is 25.9 Å². The Labute approximate surface area is 98.1 Å². The van der Waals surface area contributed by atoms with Gasteiger partial charge in [0.05, 0.1) is 12.7 Å². The van der Waals surface area contributed by atoms with E-state index < -0.39 is 6.17 Å². The summed E-state index contributed by atoms with van der Waals surface area (Å²) in [5, 5.41) is 0. The van der Waals surface area contributed by atoms with Crippen LogP contribution in [0.1, 0.15) is 33.1 Å². The molecule has 2 saturated heterocycles. The average Bonchev–Trinajstić information content (AvgIpc) is 2.22. The standard InChI is InChI=1S/C13H24FNO/c1-10-4-3-5-15(7-10)8-13-11(2)6-12(14)9-16-13/h10-13H,3-9H2,1-2H3/t10-,11+,12+,13-/m1/s1. The number of likely N-dealkylation sites (tertiary alicyclic amines) is 1. The summed E-state index contributed by atoms with van der Waals surface area (Å²) in [6.07, 6.45) is 2.83. The number of hydrogen-bond donors (Lipinski definition) is 0. The molecule has 0 unspecified atom stereocenters. The first-order chi connectivity index (χ1) is 7.65. The molecule has 0 bridgehead atoms. The van der Waals surface area contributed by atoms with Crippen LogP contribution in [-0.4, -0.2) is 43.4 Å². The van der Waals surface area contributed by atoms with E-state index in [2.05, 4.69) is 18.7 Å². The summed E-state index contributed by atoms with van der Waals surface area (Å²) in [6, 6.07) is 0. The van der Waals surface area contributed by atoms with Gasteiger partial charge in [-0.3, -0.25) is 0 Å². The lowest BCUT2D eigenvalue weighted by atomic mass is 9.93. The summed E-state index contributed by atoms with van der Waals surface area (Å²) in [4.78, 5) is 2.49. The maximum Gasteiger partial charge on any atom is 0.124 e. The number of alkyl halides is 1. The third kappa shape index (κ3) is 3.17. The number of hydrogen-bond acceptors (Lipinski definition) is 2. The molecule has 0 aromatic carbocycles. The molecule has 2 nitrogen and oxygen atoms in total. The topological polar surface area (TPSA) is 12.5 Å². The van der Waals surface area contributed by atoms with Gasteiger partial charge in [-0.1, -0.05) is 13.8 Å². The fraction of sp³-hybridized carbons (Fsp3) is 1.00. The van der Waals surface area contributed by atoms with Crippen molar-refractivity contribution in [2.75, 3.05) is 26.2 Å². The van der Waals surface area contributed by atoms with Gasteiger partial charge in [0.15, 0.2) is 0 Å². The third-order valence-electron chi connectivity index (χ3n) is 3.93. The van der Waals surface area contributed by atoms with Gasteiger partial charge in [-0.15, -0.1) is 0 Å². The second-order valence-corrected chi connectivity index (χ2v) is 5.69. The largest absolute Gasteiger partial charge is 0.374 e. The van der Waals surface area contributed by atoms with Crippen LogP contribution in [0.4, 0.5) is 4.39 Å². The highest BCUT2D eigenvalue weighted by Crippen LogP contribution is 2.25. The molecular formula is C13H24FNO. The molecule has 0 radical (unpaired) electrons. The number of piperidine rings is 1. The van der Waals surface area contributed by atoms with Crippen LogP contribution in [-0.2, 0) is 4.74 Å². The molecule has 2 aliphatic heterocycles. The lowest BCUT2D eigenvalue weighted by molar-refractivity contribution is -0.0752. The number of nitrogens with zero attached hydrogens (tertiary/aromatic N) is 1. The Hall–Kier alpha value is -0.150. The van der Waals surface area contributed by atoms with Gasteiger partial charge in [0.1, 0.15) is 6.17 Å². The van der Waals surface area contributed by atoms with Crippen LogP contribution in [0.15, 0.2) is 0 Å². The minimum Gasteiger partial charge on any atom is -0.374 e. The van der Waals surface area contributed by atoms with E-state index in [-0.39, 0.29) is 6.10 Å². The Bertz CT molecular complexity index is 224. The molecule has 0 aromatic rings. The summed E-state index contributed by atoms with van der Waals surface area (Å²) in [5.41, 5.74) is 0. The molecule has 94 valence electrons. The van der Waals surface area contributed by atoms with Gasteiger partial charge in [0.2, 0.25) is 0 Å². The van der Waals surface area contributed by atoms with Crippen molar-refractivity contribution in [2.45, 2.75) is 45.4 Å². The Balaban J connectivity index is 1.80. The van der Waals surface area contributed by atoms with E-state index >= 15 is 0 Å². The zero-order chi connectivity index (χ0) is 11.5. The Morgan fingerprint density at radius 3 is 2.88 bits per heavy atom. The van der Waals surface area contributed by atoms with Crippen LogP contribution < -0.4 is 0 Å². The van der Waals surface area contributed by atoms with E-state index in [9.17, 15) is 4.39 Å². The predicted octanol–water partition coefficient (Wildman–Crippen LogP) is 2.48. The molecular weight excluding hydrogens is 205 g/mol. The molecule has 4 atom stereocenters. The van der Waals surface area contributed by atoms with E-state index in [0.29, 0.717) is 18.9 Å². The number of ether oxygens (including phenoxy) is 1. The molecule has 3 heteroatoms. The Morgan fingerprint density at radius 1 is 1.38 bits per heavy atom. The second kappa shape index (κ2) is 5.46. The molecule has 2 fully saturated rings. The smallest absolute Gasteiger partial charge is 0.124 e. The van der Waals surface area contributed by atoms with Crippen LogP contribution in [0, 0.1) is 11.8 Å². The summed E-state index contributed by atoms with van der Waals surface area (Å²) in [7, 11) is 0. The highest BCUT2D eigenvalue weighted by atomic mass is 19.1. The number of halogens is 1. The highest BCUT2D eigenvalue weighted by molar-refractivity contribution is 4.80. The Morgan fingerprint density at radius 2 is 2.19 bits per heavy atom. The first-order valence-electron chi connectivity index (χ1n) is 6.63. The van der Waals surface area contributed by atoms with E-state index in [0.717, 1.165) is 12.5 Å². The zero-order valence-corrected chi connectivity index (χ0v) is 10.5. The maximum atomic E-state index is 13.1. The fourth-order valence-electron chi connectivity index (χ4n) is 2.96. The van der Waals surface area contributed by atoms with Crippen LogP contribution in [0.25, 0.3) is 0 Å². The summed E-state index contributed by atoms with van der Waals surface area (Å²) < 4.78 is 18.7. The normalized spacial score (nSPS) is 42.2. The lowest BCUT2D eigenvalue weighted by Crippen LogP contribution is -2.45. The van der Waals surface area contributed by atoms with Crippen molar-refractivity contribution in [3.8, 4) is 0 Å². The first-order valence-corrected chi connectivity index (χ1v) is 6.63. The Kier molecular flexibility index (Phi) is 4.20. The van der Waals surface area contributed by atoms with Crippen molar-refractivity contribution in [1.82, 2.24) is 4.90 Å². The summed E-state index contributed by atoms with van der Waals surface area (Å²) >= 11 is 0.